The molecule has 0 aliphatic heterocycles. The Morgan fingerprint density at radius 1 is 1.50 bits per heavy atom. The number of hydrogen-bond donors (Lipinski definition) is 2. The molecule has 0 aliphatic carbocycles. The number of nitrogens with zero attached hydrogens (tertiary/aromatic N) is 4. The van der Waals surface area contributed by atoms with Crippen LogP contribution in [-0.2, 0) is 4.79 Å². The molecule has 7 heteroatoms. The second kappa shape index (κ2) is 4.56. The summed E-state index contributed by atoms with van der Waals surface area (Å²) in [5.41, 5.74) is 0.677. The highest BCUT2D eigenvalue weighted by Gasteiger charge is 1.99. The number of nitrogens with one attached hydrogen (secondary N) is 1. The number of carboxylic acid groups (broad SMARTS) is 1. The minimum absolute atomic E-state index is 0.155. The quantitative estimate of drug-likeness (QED) is 0.710. The van der Waals surface area contributed by atoms with Crippen LogP contribution in [0, 0.1) is 0 Å². The van der Waals surface area contributed by atoms with Crippen LogP contribution >= 0.6 is 0 Å². The summed E-state index contributed by atoms with van der Waals surface area (Å²) < 4.78 is 1.56. The summed E-state index contributed by atoms with van der Waals surface area (Å²) in [5, 5.41) is 23.2. The summed E-state index contributed by atoms with van der Waals surface area (Å²) in [5.74, 6) is -0.110. The lowest BCUT2D eigenvalue weighted by Gasteiger charge is -2.03. The van der Waals surface area contributed by atoms with Gasteiger partial charge < -0.3 is 10.4 Å². The molecule has 0 aromatic carbocycles. The molecule has 0 radical (unpaired) electrons. The fourth-order valence-corrected chi connectivity index (χ4v) is 1.28. The first-order valence-electron chi connectivity index (χ1n) is 4.88. The van der Waals surface area contributed by atoms with Gasteiger partial charge in [-0.05, 0) is 18.6 Å². The molecule has 16 heavy (non-hydrogen) atoms. The van der Waals surface area contributed by atoms with Crippen molar-refractivity contribution in [3.05, 3.63) is 18.5 Å². The maximum atomic E-state index is 10.3. The summed E-state index contributed by atoms with van der Waals surface area (Å²) in [4.78, 5) is 10.3. The Bertz CT molecular complexity index is 495. The van der Waals surface area contributed by atoms with E-state index in [9.17, 15) is 4.79 Å². The van der Waals surface area contributed by atoms with E-state index >= 15 is 0 Å². The van der Waals surface area contributed by atoms with Gasteiger partial charge in [-0.3, -0.25) is 4.79 Å². The van der Waals surface area contributed by atoms with E-state index in [1.54, 1.807) is 16.6 Å². The summed E-state index contributed by atoms with van der Waals surface area (Å²) >= 11 is 0. The highest BCUT2D eigenvalue weighted by Crippen LogP contribution is 2.04. The van der Waals surface area contributed by atoms with Gasteiger partial charge in [-0.15, -0.1) is 15.3 Å². The molecule has 0 fully saturated rings. The molecule has 0 atom stereocenters. The van der Waals surface area contributed by atoms with E-state index in [1.807, 2.05) is 0 Å². The Morgan fingerprint density at radius 2 is 2.38 bits per heavy atom. The molecule has 0 spiro atoms. The zero-order valence-corrected chi connectivity index (χ0v) is 8.50. The van der Waals surface area contributed by atoms with Crippen molar-refractivity contribution in [3.63, 3.8) is 0 Å². The van der Waals surface area contributed by atoms with E-state index in [4.69, 9.17) is 5.11 Å². The number of anilines is 1. The minimum atomic E-state index is -0.788. The second-order valence-corrected chi connectivity index (χ2v) is 3.28. The highest BCUT2D eigenvalue weighted by molar-refractivity contribution is 5.66. The van der Waals surface area contributed by atoms with E-state index in [0.29, 0.717) is 24.4 Å². The largest absolute Gasteiger partial charge is 0.481 e. The van der Waals surface area contributed by atoms with Crippen LogP contribution in [0.25, 0.3) is 5.65 Å². The number of carboxylic acids is 1. The molecule has 0 saturated heterocycles. The van der Waals surface area contributed by atoms with Gasteiger partial charge in [0.2, 0.25) is 0 Å². The smallest absolute Gasteiger partial charge is 0.303 e. The van der Waals surface area contributed by atoms with Gasteiger partial charge in [-0.1, -0.05) is 0 Å². The lowest BCUT2D eigenvalue weighted by molar-refractivity contribution is -0.137. The Morgan fingerprint density at radius 3 is 3.19 bits per heavy atom. The van der Waals surface area contributed by atoms with Crippen molar-refractivity contribution in [3.8, 4) is 0 Å². The van der Waals surface area contributed by atoms with Gasteiger partial charge >= 0.3 is 5.97 Å². The molecule has 0 aliphatic rings. The maximum absolute atomic E-state index is 10.3. The van der Waals surface area contributed by atoms with E-state index in [2.05, 4.69) is 20.6 Å². The van der Waals surface area contributed by atoms with Gasteiger partial charge in [0.05, 0.1) is 0 Å². The third-order valence-electron chi connectivity index (χ3n) is 2.04. The Labute approximate surface area is 91.1 Å². The molecule has 0 unspecified atom stereocenters. The molecule has 7 nitrogen and oxygen atoms in total. The van der Waals surface area contributed by atoms with Gasteiger partial charge in [-0.2, -0.15) is 4.52 Å². The molecular formula is C9H11N5O2. The van der Waals surface area contributed by atoms with Gasteiger partial charge in [0.25, 0.3) is 0 Å². The molecule has 0 bridgehead atoms. The second-order valence-electron chi connectivity index (χ2n) is 3.28. The third-order valence-corrected chi connectivity index (χ3v) is 2.04. The van der Waals surface area contributed by atoms with Crippen LogP contribution in [-0.4, -0.2) is 37.4 Å². The normalized spacial score (nSPS) is 10.5. The van der Waals surface area contributed by atoms with Crippen LogP contribution in [0.5, 0.6) is 0 Å². The monoisotopic (exact) mass is 221 g/mol. The molecule has 2 heterocycles. The predicted octanol–water partition coefficient (Wildman–Crippen LogP) is 0.401. The van der Waals surface area contributed by atoms with Crippen molar-refractivity contribution in [2.75, 3.05) is 11.9 Å². The van der Waals surface area contributed by atoms with Crippen molar-refractivity contribution >= 4 is 17.4 Å². The highest BCUT2D eigenvalue weighted by atomic mass is 16.4. The van der Waals surface area contributed by atoms with E-state index < -0.39 is 5.97 Å². The summed E-state index contributed by atoms with van der Waals surface area (Å²) in [6, 6.07) is 3.57. The van der Waals surface area contributed by atoms with Crippen LogP contribution in [0.1, 0.15) is 12.8 Å². The average Bonchev–Trinajstić information content (AvgIpc) is 2.71. The van der Waals surface area contributed by atoms with E-state index in [-0.39, 0.29) is 6.42 Å². The van der Waals surface area contributed by atoms with Crippen LogP contribution in [0.2, 0.25) is 0 Å². The zero-order chi connectivity index (χ0) is 11.4. The van der Waals surface area contributed by atoms with Crippen molar-refractivity contribution in [2.24, 2.45) is 0 Å². The Hall–Kier alpha value is -2.18. The van der Waals surface area contributed by atoms with Crippen LogP contribution in [0.15, 0.2) is 18.5 Å². The van der Waals surface area contributed by atoms with Gasteiger partial charge in [0, 0.05) is 13.0 Å². The number of fused-ring (bicyclic) bond motifs is 1. The SMILES string of the molecule is O=C(O)CCCNc1ccc2nncn2n1. The number of hydrogen-bond acceptors (Lipinski definition) is 5. The van der Waals surface area contributed by atoms with Crippen molar-refractivity contribution in [1.29, 1.82) is 0 Å². The van der Waals surface area contributed by atoms with Crippen molar-refractivity contribution in [2.45, 2.75) is 12.8 Å². The van der Waals surface area contributed by atoms with Crippen molar-refractivity contribution in [1.82, 2.24) is 19.8 Å². The number of carbonyl (C=O) groups is 1. The first kappa shape index (κ1) is 10.3. The van der Waals surface area contributed by atoms with Crippen LogP contribution < -0.4 is 5.32 Å². The topological polar surface area (TPSA) is 92.4 Å². The fourth-order valence-electron chi connectivity index (χ4n) is 1.28. The van der Waals surface area contributed by atoms with E-state index in [0.717, 1.165) is 0 Å². The lowest BCUT2D eigenvalue weighted by atomic mass is 10.3. The van der Waals surface area contributed by atoms with Gasteiger partial charge in [0.1, 0.15) is 12.1 Å². The number of rotatable bonds is 5. The summed E-state index contributed by atoms with van der Waals surface area (Å²) in [7, 11) is 0. The van der Waals surface area contributed by atoms with Crippen LogP contribution in [0.4, 0.5) is 5.82 Å². The Kier molecular flexibility index (Phi) is 2.95. The first-order valence-corrected chi connectivity index (χ1v) is 4.88. The van der Waals surface area contributed by atoms with Crippen LogP contribution in [0.3, 0.4) is 0 Å². The minimum Gasteiger partial charge on any atom is -0.481 e. The molecular weight excluding hydrogens is 210 g/mol. The number of aliphatic carboxylic acids is 1. The summed E-state index contributed by atoms with van der Waals surface area (Å²) in [6.07, 6.45) is 2.23. The average molecular weight is 221 g/mol. The predicted molar refractivity (Wildman–Crippen MR) is 56.1 cm³/mol. The van der Waals surface area contributed by atoms with E-state index in [1.165, 1.54) is 6.33 Å². The lowest BCUT2D eigenvalue weighted by Crippen LogP contribution is -2.07. The fraction of sp³-hybridized carbons (Fsp3) is 0.333. The first-order chi connectivity index (χ1) is 7.75. The maximum Gasteiger partial charge on any atom is 0.303 e. The molecule has 0 saturated carbocycles. The zero-order valence-electron chi connectivity index (χ0n) is 8.50. The standard InChI is InChI=1S/C9H11N5O2/c15-9(16)2-1-5-10-7-3-4-8-12-11-6-14(8)13-7/h3-4,6H,1-2,5H2,(H,10,13)(H,15,16). The number of aromatic nitrogens is 4. The molecule has 0 amide bonds. The van der Waals surface area contributed by atoms with Gasteiger partial charge in [-0.25, -0.2) is 0 Å². The molecule has 2 N–H and O–H groups in total. The molecule has 2 aromatic heterocycles. The molecule has 84 valence electrons. The summed E-state index contributed by atoms with van der Waals surface area (Å²) in [6.45, 7) is 0.576. The molecule has 2 rings (SSSR count). The Balaban J connectivity index is 1.91. The third kappa shape index (κ3) is 2.44. The van der Waals surface area contributed by atoms with Gasteiger partial charge in [0.15, 0.2) is 5.65 Å². The molecule has 2 aromatic rings. The van der Waals surface area contributed by atoms with Crippen molar-refractivity contribution < 1.29 is 9.90 Å².